The number of hydrogen-bond donors (Lipinski definition) is 1. The molecule has 2 aromatic carbocycles. The van der Waals surface area contributed by atoms with Gasteiger partial charge in [0.25, 0.3) is 5.91 Å². The minimum absolute atomic E-state index is 0.0993. The fourth-order valence-corrected chi connectivity index (χ4v) is 7.23. The third-order valence-electron chi connectivity index (χ3n) is 7.86. The number of halogens is 1. The van der Waals surface area contributed by atoms with E-state index in [2.05, 4.69) is 14.5 Å². The number of sulfonamides is 1. The number of anilines is 1. The molecule has 9 heteroatoms. The lowest BCUT2D eigenvalue weighted by atomic mass is 10.0. The maximum absolute atomic E-state index is 13.5. The van der Waals surface area contributed by atoms with E-state index in [9.17, 15) is 13.2 Å². The number of hydrogen-bond acceptors (Lipinski definition) is 5. The summed E-state index contributed by atoms with van der Waals surface area (Å²) in [5.41, 5.74) is 1.69. The van der Waals surface area contributed by atoms with E-state index in [0.29, 0.717) is 37.0 Å². The molecular weight excluding hydrogens is 496 g/mol. The maximum atomic E-state index is 13.5. The Kier molecular flexibility index (Phi) is 7.86. The fourth-order valence-electron chi connectivity index (χ4n) is 5.80. The van der Waals surface area contributed by atoms with Crippen LogP contribution in [0.3, 0.4) is 0 Å². The van der Waals surface area contributed by atoms with Crippen molar-refractivity contribution in [3.63, 3.8) is 0 Å². The molecule has 3 aliphatic rings. The van der Waals surface area contributed by atoms with Crippen LogP contribution in [0, 0.1) is 0 Å². The SMILES string of the molecule is O=C(c1ccccc1N1CCC(NS(=O)(=O)c2ccc(Cl)cc2)CC1)N1CCN(C2CCCC2)CC1. The molecule has 1 saturated carbocycles. The van der Waals surface area contributed by atoms with Gasteiger partial charge in [-0.15, -0.1) is 0 Å². The largest absolute Gasteiger partial charge is 0.371 e. The summed E-state index contributed by atoms with van der Waals surface area (Å²) in [7, 11) is -3.60. The highest BCUT2D eigenvalue weighted by atomic mass is 35.5. The Hall–Kier alpha value is -2.13. The van der Waals surface area contributed by atoms with E-state index in [1.165, 1.54) is 37.8 Å². The summed E-state index contributed by atoms with van der Waals surface area (Å²) in [5, 5.41) is 0.506. The van der Waals surface area contributed by atoms with Crippen molar-refractivity contribution in [2.24, 2.45) is 0 Å². The average Bonchev–Trinajstić information content (AvgIpc) is 3.44. The number of piperazine rings is 1. The fraction of sp³-hybridized carbons (Fsp3) is 0.519. The Balaban J connectivity index is 1.19. The summed E-state index contributed by atoms with van der Waals surface area (Å²) in [5.74, 6) is 0.0993. The number of para-hydroxylation sites is 1. The van der Waals surface area contributed by atoms with Crippen LogP contribution < -0.4 is 9.62 Å². The first-order valence-electron chi connectivity index (χ1n) is 13.1. The van der Waals surface area contributed by atoms with E-state index in [1.54, 1.807) is 12.1 Å². The van der Waals surface area contributed by atoms with Crippen LogP contribution in [0.25, 0.3) is 0 Å². The maximum Gasteiger partial charge on any atom is 0.256 e. The predicted molar refractivity (Wildman–Crippen MR) is 143 cm³/mol. The van der Waals surface area contributed by atoms with Crippen molar-refractivity contribution < 1.29 is 13.2 Å². The van der Waals surface area contributed by atoms with Crippen LogP contribution in [0.5, 0.6) is 0 Å². The Morgan fingerprint density at radius 2 is 1.47 bits per heavy atom. The van der Waals surface area contributed by atoms with Crippen molar-refractivity contribution in [2.45, 2.75) is 55.5 Å². The Morgan fingerprint density at radius 1 is 0.833 bits per heavy atom. The standard InChI is InChI=1S/C27H35ClN4O3S/c28-21-9-11-24(12-10-21)36(34,35)29-22-13-15-31(16-14-22)26-8-4-3-7-25(26)27(33)32-19-17-30(18-20-32)23-5-1-2-6-23/h3-4,7-12,22-23,29H,1-2,5-6,13-20H2. The summed E-state index contributed by atoms with van der Waals surface area (Å²) in [6.45, 7) is 4.84. The van der Waals surface area contributed by atoms with Crippen molar-refractivity contribution in [1.29, 1.82) is 0 Å². The van der Waals surface area contributed by atoms with E-state index < -0.39 is 10.0 Å². The molecule has 194 valence electrons. The van der Waals surface area contributed by atoms with Crippen molar-refractivity contribution in [3.05, 3.63) is 59.1 Å². The third-order valence-corrected chi connectivity index (χ3v) is 9.65. The van der Waals surface area contributed by atoms with Gasteiger partial charge in [0.1, 0.15) is 0 Å². The van der Waals surface area contributed by atoms with Crippen LogP contribution in [-0.4, -0.2) is 75.5 Å². The highest BCUT2D eigenvalue weighted by molar-refractivity contribution is 7.89. The van der Waals surface area contributed by atoms with Crippen molar-refractivity contribution in [3.8, 4) is 0 Å². The van der Waals surface area contributed by atoms with Crippen LogP contribution in [0.1, 0.15) is 48.9 Å². The number of carbonyl (C=O) groups excluding carboxylic acids is 1. The minimum Gasteiger partial charge on any atom is -0.371 e. The van der Waals surface area contributed by atoms with E-state index in [4.69, 9.17) is 11.6 Å². The minimum atomic E-state index is -3.60. The molecule has 0 spiro atoms. The van der Waals surface area contributed by atoms with Gasteiger partial charge < -0.3 is 9.80 Å². The second-order valence-corrected chi connectivity index (χ2v) is 12.3. The molecule has 36 heavy (non-hydrogen) atoms. The molecule has 3 fully saturated rings. The first kappa shape index (κ1) is 25.5. The monoisotopic (exact) mass is 530 g/mol. The quantitative estimate of drug-likeness (QED) is 0.611. The van der Waals surface area contributed by atoms with E-state index in [-0.39, 0.29) is 16.8 Å². The number of benzene rings is 2. The molecule has 2 aromatic rings. The molecule has 1 aliphatic carbocycles. The van der Waals surface area contributed by atoms with Gasteiger partial charge in [-0.1, -0.05) is 36.6 Å². The van der Waals surface area contributed by atoms with Gasteiger partial charge in [-0.2, -0.15) is 0 Å². The molecule has 0 radical (unpaired) electrons. The lowest BCUT2D eigenvalue weighted by molar-refractivity contribution is 0.0574. The molecule has 0 atom stereocenters. The highest BCUT2D eigenvalue weighted by Crippen LogP contribution is 2.28. The van der Waals surface area contributed by atoms with Crippen LogP contribution in [-0.2, 0) is 10.0 Å². The average molecular weight is 531 g/mol. The second kappa shape index (κ2) is 11.1. The van der Waals surface area contributed by atoms with Crippen LogP contribution >= 0.6 is 11.6 Å². The normalized spacial score (nSPS) is 20.7. The smallest absolute Gasteiger partial charge is 0.256 e. The van der Waals surface area contributed by atoms with Gasteiger partial charge in [0.2, 0.25) is 10.0 Å². The van der Waals surface area contributed by atoms with Gasteiger partial charge >= 0.3 is 0 Å². The number of nitrogens with zero attached hydrogens (tertiary/aromatic N) is 3. The zero-order valence-electron chi connectivity index (χ0n) is 20.6. The molecule has 0 aromatic heterocycles. The zero-order chi connectivity index (χ0) is 25.1. The molecule has 2 saturated heterocycles. The van der Waals surface area contributed by atoms with E-state index >= 15 is 0 Å². The van der Waals surface area contributed by atoms with Crippen LogP contribution in [0.4, 0.5) is 5.69 Å². The molecule has 0 bridgehead atoms. The van der Waals surface area contributed by atoms with Gasteiger partial charge in [0.05, 0.1) is 10.5 Å². The molecule has 1 amide bonds. The summed E-state index contributed by atoms with van der Waals surface area (Å²) in [4.78, 5) is 20.5. The van der Waals surface area contributed by atoms with Crippen molar-refractivity contribution in [1.82, 2.24) is 14.5 Å². The molecule has 2 heterocycles. The van der Waals surface area contributed by atoms with E-state index in [1.807, 2.05) is 29.2 Å². The Labute approximate surface area is 219 Å². The zero-order valence-corrected chi connectivity index (χ0v) is 22.2. The molecule has 0 unspecified atom stereocenters. The topological polar surface area (TPSA) is 73.0 Å². The predicted octanol–water partition coefficient (Wildman–Crippen LogP) is 3.99. The van der Waals surface area contributed by atoms with Gasteiger partial charge in [-0.25, -0.2) is 13.1 Å². The molecular formula is C27H35ClN4O3S. The molecule has 5 rings (SSSR count). The summed E-state index contributed by atoms with van der Waals surface area (Å²) >= 11 is 5.90. The number of rotatable bonds is 6. The lowest BCUT2D eigenvalue weighted by Gasteiger charge is -2.39. The summed E-state index contributed by atoms with van der Waals surface area (Å²) in [6.07, 6.45) is 6.60. The first-order valence-corrected chi connectivity index (χ1v) is 14.9. The first-order chi connectivity index (χ1) is 17.4. The van der Waals surface area contributed by atoms with Crippen molar-refractivity contribution >= 4 is 33.2 Å². The molecule has 1 N–H and O–H groups in total. The van der Waals surface area contributed by atoms with Gasteiger partial charge in [-0.3, -0.25) is 9.69 Å². The van der Waals surface area contributed by atoms with Crippen LogP contribution in [0.15, 0.2) is 53.4 Å². The number of nitrogens with one attached hydrogen (secondary N) is 1. The number of amides is 1. The highest BCUT2D eigenvalue weighted by Gasteiger charge is 2.31. The van der Waals surface area contributed by atoms with Gasteiger partial charge in [0.15, 0.2) is 0 Å². The summed E-state index contributed by atoms with van der Waals surface area (Å²) < 4.78 is 28.4. The number of carbonyl (C=O) groups is 1. The van der Waals surface area contributed by atoms with Crippen molar-refractivity contribution in [2.75, 3.05) is 44.2 Å². The van der Waals surface area contributed by atoms with Gasteiger partial charge in [0, 0.05) is 62.1 Å². The number of piperidine rings is 1. The molecule has 7 nitrogen and oxygen atoms in total. The second-order valence-electron chi connectivity index (χ2n) is 10.1. The summed E-state index contributed by atoms with van der Waals surface area (Å²) in [6, 6.07) is 14.6. The van der Waals surface area contributed by atoms with E-state index in [0.717, 1.165) is 37.4 Å². The Morgan fingerprint density at radius 3 is 2.14 bits per heavy atom. The molecule has 2 aliphatic heterocycles. The van der Waals surface area contributed by atoms with Gasteiger partial charge in [-0.05, 0) is 62.1 Å². The Bertz CT molecular complexity index is 1150. The third kappa shape index (κ3) is 5.72. The lowest BCUT2D eigenvalue weighted by Crippen LogP contribution is -2.51. The van der Waals surface area contributed by atoms with Crippen LogP contribution in [0.2, 0.25) is 5.02 Å².